The Labute approximate surface area is 168 Å². The number of hydrogen-bond acceptors (Lipinski definition) is 9. The van der Waals surface area contributed by atoms with Gasteiger partial charge in [-0.2, -0.15) is 4.98 Å². The molecule has 12 heteroatoms. The number of fused-ring (bicyclic) bond motifs is 1. The number of rotatable bonds is 5. The fraction of sp³-hybridized carbons (Fsp3) is 0.111. The van der Waals surface area contributed by atoms with E-state index in [1.54, 1.807) is 41.8 Å². The van der Waals surface area contributed by atoms with Crippen molar-refractivity contribution < 1.29 is 9.32 Å². The lowest BCUT2D eigenvalue weighted by Crippen LogP contribution is -2.24. The fourth-order valence-electron chi connectivity index (χ4n) is 2.94. The van der Waals surface area contributed by atoms with E-state index < -0.39 is 0 Å². The molecule has 30 heavy (non-hydrogen) atoms. The second-order valence-electron chi connectivity index (χ2n) is 6.39. The van der Waals surface area contributed by atoms with Gasteiger partial charge in [-0.25, -0.2) is 4.68 Å². The highest BCUT2D eigenvalue weighted by atomic mass is 16.5. The molecule has 0 bridgehead atoms. The van der Waals surface area contributed by atoms with E-state index in [9.17, 15) is 4.79 Å². The topological polar surface area (TPSA) is 142 Å². The van der Waals surface area contributed by atoms with Gasteiger partial charge in [0, 0.05) is 17.3 Å². The van der Waals surface area contributed by atoms with Crippen molar-refractivity contribution in [2.24, 2.45) is 0 Å². The zero-order valence-corrected chi connectivity index (χ0v) is 15.7. The summed E-state index contributed by atoms with van der Waals surface area (Å²) in [5.41, 5.74) is 2.51. The summed E-state index contributed by atoms with van der Waals surface area (Å²) in [5.74, 6) is 1.30. The maximum Gasteiger partial charge on any atom is 0.258 e. The van der Waals surface area contributed by atoms with Crippen molar-refractivity contribution in [1.82, 2.24) is 50.3 Å². The maximum atomic E-state index is 12.6. The molecule has 0 atom stereocenters. The lowest BCUT2D eigenvalue weighted by molar-refractivity contribution is 0.0949. The van der Waals surface area contributed by atoms with Crippen molar-refractivity contribution >= 4 is 11.6 Å². The number of nitrogens with zero attached hydrogens (tertiary/aromatic N) is 9. The molecule has 0 spiro atoms. The predicted octanol–water partition coefficient (Wildman–Crippen LogP) is 0.993. The van der Waals surface area contributed by atoms with Gasteiger partial charge in [0.05, 0.1) is 12.2 Å². The van der Waals surface area contributed by atoms with Gasteiger partial charge < -0.3 is 9.84 Å². The minimum absolute atomic E-state index is 0.203. The number of amides is 1. The average Bonchev–Trinajstić information content (AvgIpc) is 3.53. The van der Waals surface area contributed by atoms with Gasteiger partial charge >= 0.3 is 0 Å². The van der Waals surface area contributed by atoms with Crippen LogP contribution in [0.1, 0.15) is 22.0 Å². The number of aryl methyl sites for hydroxylation is 1. The van der Waals surface area contributed by atoms with E-state index in [4.69, 9.17) is 4.52 Å². The van der Waals surface area contributed by atoms with Crippen molar-refractivity contribution in [2.75, 3.05) is 0 Å². The van der Waals surface area contributed by atoms with Crippen molar-refractivity contribution in [1.29, 1.82) is 0 Å². The van der Waals surface area contributed by atoms with Gasteiger partial charge in [-0.3, -0.25) is 9.20 Å². The molecule has 1 aromatic carbocycles. The van der Waals surface area contributed by atoms with Crippen molar-refractivity contribution in [2.45, 2.75) is 13.5 Å². The van der Waals surface area contributed by atoms with Gasteiger partial charge in [-0.15, -0.1) is 15.3 Å². The van der Waals surface area contributed by atoms with Gasteiger partial charge in [-0.05, 0) is 47.7 Å². The molecular weight excluding hydrogens is 388 g/mol. The molecule has 0 fully saturated rings. The number of carbonyl (C=O) groups is 1. The van der Waals surface area contributed by atoms with Crippen LogP contribution in [0.2, 0.25) is 0 Å². The maximum absolute atomic E-state index is 12.6. The second-order valence-corrected chi connectivity index (χ2v) is 6.39. The van der Waals surface area contributed by atoms with Gasteiger partial charge in [0.1, 0.15) is 6.33 Å². The fourth-order valence-corrected chi connectivity index (χ4v) is 2.94. The highest BCUT2D eigenvalue weighted by molar-refractivity contribution is 5.94. The second kappa shape index (κ2) is 7.16. The smallest absolute Gasteiger partial charge is 0.258 e. The number of aromatic nitrogens is 9. The predicted molar refractivity (Wildman–Crippen MR) is 101 cm³/mol. The molecule has 148 valence electrons. The van der Waals surface area contributed by atoms with Gasteiger partial charge in [0.15, 0.2) is 17.3 Å². The van der Waals surface area contributed by atoms with Crippen LogP contribution in [0.3, 0.4) is 0 Å². The molecule has 0 saturated heterocycles. The van der Waals surface area contributed by atoms with E-state index in [-0.39, 0.29) is 12.5 Å². The third-order valence-electron chi connectivity index (χ3n) is 4.38. The first-order chi connectivity index (χ1) is 14.7. The van der Waals surface area contributed by atoms with E-state index in [0.717, 1.165) is 5.56 Å². The summed E-state index contributed by atoms with van der Waals surface area (Å²) in [6, 6.07) is 10.6. The summed E-state index contributed by atoms with van der Waals surface area (Å²) >= 11 is 0. The Morgan fingerprint density at radius 1 is 1.20 bits per heavy atom. The van der Waals surface area contributed by atoms with E-state index in [1.165, 1.54) is 11.0 Å². The van der Waals surface area contributed by atoms with Crippen LogP contribution in [0, 0.1) is 6.92 Å². The van der Waals surface area contributed by atoms with Crippen LogP contribution < -0.4 is 5.32 Å². The van der Waals surface area contributed by atoms with Gasteiger partial charge in [0.2, 0.25) is 0 Å². The minimum Gasteiger partial charge on any atom is -0.345 e. The monoisotopic (exact) mass is 402 g/mol. The average molecular weight is 402 g/mol. The quantitative estimate of drug-likeness (QED) is 0.455. The Kier molecular flexibility index (Phi) is 4.20. The molecule has 0 unspecified atom stereocenters. The Hall–Kier alpha value is -4.48. The third-order valence-corrected chi connectivity index (χ3v) is 4.38. The van der Waals surface area contributed by atoms with Crippen LogP contribution in [-0.2, 0) is 6.54 Å². The number of carbonyl (C=O) groups excluding carboxylic acids is 1. The number of hydrogen-bond donors (Lipinski definition) is 1. The summed E-state index contributed by atoms with van der Waals surface area (Å²) in [6.07, 6.45) is 3.26. The highest BCUT2D eigenvalue weighted by Gasteiger charge is 2.13. The van der Waals surface area contributed by atoms with Crippen molar-refractivity contribution in [3.05, 3.63) is 66.1 Å². The summed E-state index contributed by atoms with van der Waals surface area (Å²) in [6.45, 7) is 1.95. The number of nitrogens with one attached hydrogen (secondary N) is 1. The van der Waals surface area contributed by atoms with Gasteiger partial charge in [-0.1, -0.05) is 11.2 Å². The lowest BCUT2D eigenvalue weighted by atomic mass is 10.2. The van der Waals surface area contributed by atoms with Crippen LogP contribution >= 0.6 is 0 Å². The van der Waals surface area contributed by atoms with Gasteiger partial charge in [0.25, 0.3) is 11.8 Å². The van der Waals surface area contributed by atoms with Crippen LogP contribution in [-0.4, -0.2) is 50.9 Å². The standard InChI is InChI=1S/C18H14N10O2/c1-11-21-18(30-24-11)13-5-6-27-15(8-13)22-23-16(27)9-19-17(29)12-3-2-4-14(7-12)28-10-20-25-26-28/h2-8,10H,9H2,1H3,(H,19,29). The third kappa shape index (κ3) is 3.26. The molecule has 0 aliphatic heterocycles. The molecule has 4 heterocycles. The molecule has 4 aromatic heterocycles. The van der Waals surface area contributed by atoms with Crippen LogP contribution in [0.25, 0.3) is 22.8 Å². The zero-order chi connectivity index (χ0) is 20.5. The van der Waals surface area contributed by atoms with Crippen LogP contribution in [0.15, 0.2) is 53.4 Å². The molecule has 1 N–H and O–H groups in total. The number of tetrazole rings is 1. The SMILES string of the molecule is Cc1noc(-c2ccn3c(CNC(=O)c4cccc(-n5cnnn5)c4)nnc3c2)n1. The van der Waals surface area contributed by atoms with Crippen LogP contribution in [0.4, 0.5) is 0 Å². The van der Waals surface area contributed by atoms with Crippen LogP contribution in [0.5, 0.6) is 0 Å². The Bertz CT molecular complexity index is 1340. The first-order valence-electron chi connectivity index (χ1n) is 8.93. The highest BCUT2D eigenvalue weighted by Crippen LogP contribution is 2.19. The summed E-state index contributed by atoms with van der Waals surface area (Å²) < 4.78 is 8.44. The number of pyridine rings is 1. The van der Waals surface area contributed by atoms with Crippen molar-refractivity contribution in [3.8, 4) is 17.1 Å². The Morgan fingerprint density at radius 3 is 2.93 bits per heavy atom. The van der Waals surface area contributed by atoms with E-state index >= 15 is 0 Å². The Balaban J connectivity index is 1.33. The first-order valence-corrected chi connectivity index (χ1v) is 8.93. The molecule has 0 aliphatic carbocycles. The molecule has 5 rings (SSSR count). The Morgan fingerprint density at radius 2 is 2.13 bits per heavy atom. The molecule has 12 nitrogen and oxygen atoms in total. The summed E-state index contributed by atoms with van der Waals surface area (Å²) in [7, 11) is 0. The zero-order valence-electron chi connectivity index (χ0n) is 15.7. The van der Waals surface area contributed by atoms with E-state index in [1.807, 2.05) is 12.1 Å². The van der Waals surface area contributed by atoms with Crippen molar-refractivity contribution in [3.63, 3.8) is 0 Å². The van der Waals surface area contributed by atoms with E-state index in [2.05, 4.69) is 41.2 Å². The molecule has 1 amide bonds. The normalized spacial score (nSPS) is 11.1. The van der Waals surface area contributed by atoms with E-state index in [0.29, 0.717) is 34.4 Å². The lowest BCUT2D eigenvalue weighted by Gasteiger charge is -2.06. The number of benzene rings is 1. The first kappa shape index (κ1) is 17.6. The molecule has 0 saturated carbocycles. The summed E-state index contributed by atoms with van der Waals surface area (Å²) in [4.78, 5) is 16.8. The summed E-state index contributed by atoms with van der Waals surface area (Å²) in [5, 5.41) is 26.0. The molecule has 5 aromatic rings. The minimum atomic E-state index is -0.250. The molecule has 0 aliphatic rings. The molecule has 0 radical (unpaired) electrons. The largest absolute Gasteiger partial charge is 0.345 e. The molecular formula is C18H14N10O2.